The number of hydrogen-bond donors (Lipinski definition) is 1. The van der Waals surface area contributed by atoms with Gasteiger partial charge in [-0.3, -0.25) is 0 Å². The Morgan fingerprint density at radius 2 is 1.60 bits per heavy atom. The minimum Gasteiger partial charge on any atom is -0.493 e. The first-order chi connectivity index (χ1) is 12.2. The smallest absolute Gasteiger partial charge is 0.127 e. The van der Waals surface area contributed by atoms with Crippen molar-refractivity contribution in [3.05, 3.63) is 54.6 Å². The Morgan fingerprint density at radius 1 is 0.920 bits per heavy atom. The van der Waals surface area contributed by atoms with Gasteiger partial charge in [-0.2, -0.15) is 0 Å². The van der Waals surface area contributed by atoms with E-state index in [-0.39, 0.29) is 0 Å². The van der Waals surface area contributed by atoms with Crippen molar-refractivity contribution in [1.29, 1.82) is 0 Å². The van der Waals surface area contributed by atoms with Gasteiger partial charge >= 0.3 is 0 Å². The molecule has 0 aromatic heterocycles. The maximum atomic E-state index is 6.09. The zero-order chi connectivity index (χ0) is 17.5. The molecule has 134 valence electrons. The van der Waals surface area contributed by atoms with Crippen LogP contribution in [0.2, 0.25) is 0 Å². The maximum absolute atomic E-state index is 6.09. The van der Waals surface area contributed by atoms with E-state index in [0.29, 0.717) is 12.2 Å². The van der Waals surface area contributed by atoms with Gasteiger partial charge in [-0.05, 0) is 38.3 Å². The van der Waals surface area contributed by atoms with E-state index in [4.69, 9.17) is 9.47 Å². The zero-order valence-corrected chi connectivity index (χ0v) is 15.4. The van der Waals surface area contributed by atoms with Gasteiger partial charge < -0.3 is 14.4 Å². The maximum Gasteiger partial charge on any atom is 0.127 e. The molecule has 0 spiro atoms. The Balaban J connectivity index is 1.45. The minimum absolute atomic E-state index is 0.382. The number of ether oxygens (including phenoxy) is 2. The number of para-hydroxylation sites is 1. The molecule has 3 nitrogen and oxygen atoms in total. The van der Waals surface area contributed by atoms with Crippen LogP contribution in [0.1, 0.15) is 26.7 Å². The average molecular weight is 340 g/mol. The molecule has 1 N–H and O–H groups in total. The molecule has 0 bridgehead atoms. The molecule has 2 aromatic rings. The van der Waals surface area contributed by atoms with Gasteiger partial charge in [-0.25, -0.2) is 0 Å². The predicted molar refractivity (Wildman–Crippen MR) is 102 cm³/mol. The van der Waals surface area contributed by atoms with Gasteiger partial charge in [0.2, 0.25) is 0 Å². The van der Waals surface area contributed by atoms with Gasteiger partial charge in [0.25, 0.3) is 0 Å². The highest BCUT2D eigenvalue weighted by Crippen LogP contribution is 2.29. The molecule has 0 radical (unpaired) electrons. The summed E-state index contributed by atoms with van der Waals surface area (Å²) in [7, 11) is 0. The van der Waals surface area contributed by atoms with Gasteiger partial charge in [0.15, 0.2) is 0 Å². The predicted octanol–water partition coefficient (Wildman–Crippen LogP) is 3.20. The van der Waals surface area contributed by atoms with Crippen LogP contribution in [-0.2, 0) is 4.74 Å². The lowest BCUT2D eigenvalue weighted by Gasteiger charge is -2.32. The second-order valence-corrected chi connectivity index (χ2v) is 7.08. The summed E-state index contributed by atoms with van der Waals surface area (Å²) in [5.41, 5.74) is 2.38. The highest BCUT2D eigenvalue weighted by Gasteiger charge is 2.24. The molecule has 3 heteroatoms. The van der Waals surface area contributed by atoms with E-state index in [1.165, 1.54) is 24.1 Å². The summed E-state index contributed by atoms with van der Waals surface area (Å²) >= 11 is 0. The molecule has 1 saturated heterocycles. The third kappa shape index (κ3) is 5.32. The molecule has 25 heavy (non-hydrogen) atoms. The number of unbranched alkanes of at least 4 members (excludes halogenated alkanes) is 1. The van der Waals surface area contributed by atoms with Gasteiger partial charge in [0.1, 0.15) is 31.0 Å². The van der Waals surface area contributed by atoms with Crippen molar-refractivity contribution in [3.8, 4) is 16.9 Å². The van der Waals surface area contributed by atoms with Gasteiger partial charge in [-0.15, -0.1) is 0 Å². The molecule has 0 saturated carbocycles. The van der Waals surface area contributed by atoms with Crippen LogP contribution >= 0.6 is 0 Å². The molecule has 1 heterocycles. The Bertz CT molecular complexity index is 633. The normalized spacial score (nSPS) is 23.4. The second-order valence-electron chi connectivity index (χ2n) is 7.08. The molecule has 2 aromatic carbocycles. The van der Waals surface area contributed by atoms with Crippen LogP contribution in [0.3, 0.4) is 0 Å². The first kappa shape index (κ1) is 18.0. The Kier molecular flexibility index (Phi) is 6.48. The fourth-order valence-electron chi connectivity index (χ4n) is 3.70. The lowest BCUT2D eigenvalue weighted by Crippen LogP contribution is -3.15. The molecule has 1 unspecified atom stereocenters. The fraction of sp³-hybridized carbons (Fsp3) is 0.455. The quantitative estimate of drug-likeness (QED) is 0.782. The van der Waals surface area contributed by atoms with E-state index >= 15 is 0 Å². The first-order valence-electron chi connectivity index (χ1n) is 9.48. The van der Waals surface area contributed by atoms with Crippen molar-refractivity contribution in [2.45, 2.75) is 38.9 Å². The first-order valence-corrected chi connectivity index (χ1v) is 9.48. The number of nitrogens with one attached hydrogen (secondary N) is 1. The van der Waals surface area contributed by atoms with Crippen LogP contribution < -0.4 is 9.64 Å². The molecule has 1 aliphatic heterocycles. The van der Waals surface area contributed by atoms with Crippen molar-refractivity contribution in [1.82, 2.24) is 0 Å². The van der Waals surface area contributed by atoms with E-state index < -0.39 is 0 Å². The molecule has 0 amide bonds. The molecular weight excluding hydrogens is 310 g/mol. The lowest BCUT2D eigenvalue weighted by atomic mass is 10.1. The van der Waals surface area contributed by atoms with Crippen LogP contribution in [0.25, 0.3) is 11.1 Å². The van der Waals surface area contributed by atoms with Crippen LogP contribution in [-0.4, -0.2) is 38.4 Å². The number of hydrogen-bond acceptors (Lipinski definition) is 2. The summed E-state index contributed by atoms with van der Waals surface area (Å²) in [6.45, 7) is 8.60. The van der Waals surface area contributed by atoms with Gasteiger partial charge in [0, 0.05) is 5.56 Å². The van der Waals surface area contributed by atoms with Crippen LogP contribution in [0.4, 0.5) is 0 Å². The van der Waals surface area contributed by atoms with Crippen LogP contribution in [0.15, 0.2) is 54.6 Å². The van der Waals surface area contributed by atoms with Gasteiger partial charge in [0.05, 0.1) is 13.2 Å². The standard InChI is InChI=1S/C22H29NO2/c1-18-16-23(17-19(2)25-18)14-8-9-15-24-22-13-7-6-12-21(22)20-10-4-3-5-11-20/h3-7,10-13,18-19H,8-9,14-17H2,1-2H3/p+1/t18-,19+. The largest absolute Gasteiger partial charge is 0.493 e. The van der Waals surface area contributed by atoms with E-state index in [0.717, 1.165) is 31.9 Å². The summed E-state index contributed by atoms with van der Waals surface area (Å²) in [6.07, 6.45) is 3.05. The van der Waals surface area contributed by atoms with Gasteiger partial charge in [-0.1, -0.05) is 48.5 Å². The number of morpholine rings is 1. The van der Waals surface area contributed by atoms with E-state index in [2.05, 4.69) is 56.3 Å². The highest BCUT2D eigenvalue weighted by molar-refractivity contribution is 5.70. The topological polar surface area (TPSA) is 22.9 Å². The second kappa shape index (κ2) is 9.02. The Morgan fingerprint density at radius 3 is 2.36 bits per heavy atom. The van der Waals surface area contributed by atoms with Crippen molar-refractivity contribution in [2.24, 2.45) is 0 Å². The summed E-state index contributed by atoms with van der Waals surface area (Å²) in [4.78, 5) is 1.66. The van der Waals surface area contributed by atoms with Crippen LogP contribution in [0.5, 0.6) is 5.75 Å². The number of rotatable bonds is 7. The third-order valence-corrected chi connectivity index (χ3v) is 4.77. The molecule has 0 aliphatic carbocycles. The zero-order valence-electron chi connectivity index (χ0n) is 15.4. The lowest BCUT2D eigenvalue weighted by molar-refractivity contribution is -0.915. The van der Waals surface area contributed by atoms with Crippen molar-refractivity contribution < 1.29 is 14.4 Å². The Labute approximate surface area is 151 Å². The highest BCUT2D eigenvalue weighted by atomic mass is 16.5. The Hall–Kier alpha value is -1.84. The average Bonchev–Trinajstić information content (AvgIpc) is 2.62. The van der Waals surface area contributed by atoms with Crippen molar-refractivity contribution >= 4 is 0 Å². The van der Waals surface area contributed by atoms with Crippen molar-refractivity contribution in [2.75, 3.05) is 26.2 Å². The molecular formula is C22H30NO2+. The third-order valence-electron chi connectivity index (χ3n) is 4.77. The summed E-state index contributed by atoms with van der Waals surface area (Å²) in [5.74, 6) is 0.981. The van der Waals surface area contributed by atoms with E-state index in [1.54, 1.807) is 4.90 Å². The van der Waals surface area contributed by atoms with Crippen LogP contribution in [0, 0.1) is 0 Å². The molecule has 1 aliphatic rings. The molecule has 3 rings (SSSR count). The summed E-state index contributed by atoms with van der Waals surface area (Å²) in [6, 6.07) is 18.8. The monoisotopic (exact) mass is 340 g/mol. The molecule has 1 fully saturated rings. The number of quaternary nitrogens is 1. The van der Waals surface area contributed by atoms with E-state index in [1.807, 2.05) is 12.1 Å². The SMILES string of the molecule is C[C@@H]1C[NH+](CCCCOc2ccccc2-c2ccccc2)C[C@H](C)O1. The summed E-state index contributed by atoms with van der Waals surface area (Å²) in [5, 5.41) is 0. The number of benzene rings is 2. The summed E-state index contributed by atoms with van der Waals surface area (Å²) < 4.78 is 11.9. The van der Waals surface area contributed by atoms with Crippen molar-refractivity contribution in [3.63, 3.8) is 0 Å². The van der Waals surface area contributed by atoms with E-state index in [9.17, 15) is 0 Å². The molecule has 3 atom stereocenters. The fourth-order valence-corrected chi connectivity index (χ4v) is 3.70. The minimum atomic E-state index is 0.382.